The van der Waals surface area contributed by atoms with E-state index in [1.807, 2.05) is 4.90 Å². The molecule has 0 aliphatic carbocycles. The Morgan fingerprint density at radius 1 is 1.13 bits per heavy atom. The average Bonchev–Trinajstić information content (AvgIpc) is 3.43. The Bertz CT molecular complexity index is 1150. The van der Waals surface area contributed by atoms with Gasteiger partial charge in [-0.1, -0.05) is 6.07 Å². The summed E-state index contributed by atoms with van der Waals surface area (Å²) in [5.74, 6) is 0.0857. The number of hydrogen-bond acceptors (Lipinski definition) is 6. The minimum Gasteiger partial charge on any atom is -0.342 e. The molecule has 1 amide bonds. The van der Waals surface area contributed by atoms with Crippen molar-refractivity contribution in [2.45, 2.75) is 6.92 Å². The lowest BCUT2D eigenvalue weighted by atomic mass is 10.0. The number of amides is 1. The van der Waals surface area contributed by atoms with Crippen LogP contribution in [0.3, 0.4) is 0 Å². The summed E-state index contributed by atoms with van der Waals surface area (Å²) in [6.07, 6.45) is 2.97. The molecular weight excluding hydrogens is 389 g/mol. The minimum atomic E-state index is -0.588. The van der Waals surface area contributed by atoms with Crippen LogP contribution in [0.5, 0.6) is 0 Å². The summed E-state index contributed by atoms with van der Waals surface area (Å²) >= 11 is 0. The van der Waals surface area contributed by atoms with Gasteiger partial charge in [-0.3, -0.25) is 14.6 Å². The van der Waals surface area contributed by atoms with Crippen LogP contribution >= 0.6 is 0 Å². The number of hydrogen-bond donors (Lipinski definition) is 1. The fraction of sp³-hybridized carbons (Fsp3) is 0.350. The van der Waals surface area contributed by atoms with Crippen molar-refractivity contribution in [2.24, 2.45) is 11.8 Å². The third-order valence-corrected chi connectivity index (χ3v) is 5.77. The van der Waals surface area contributed by atoms with Crippen LogP contribution in [-0.4, -0.2) is 61.9 Å². The molecule has 2 saturated heterocycles. The summed E-state index contributed by atoms with van der Waals surface area (Å²) in [6, 6.07) is 5.91. The molecule has 154 valence electrons. The Balaban J connectivity index is 1.35. The summed E-state index contributed by atoms with van der Waals surface area (Å²) in [6.45, 7) is 4.21. The van der Waals surface area contributed by atoms with Gasteiger partial charge in [0.2, 0.25) is 5.95 Å². The number of halogens is 1. The number of nitrogens with one attached hydrogen (secondary N) is 1. The largest absolute Gasteiger partial charge is 0.342 e. The Hall–Kier alpha value is -3.56. The highest BCUT2D eigenvalue weighted by atomic mass is 19.1. The van der Waals surface area contributed by atoms with E-state index < -0.39 is 5.82 Å². The highest BCUT2D eigenvalue weighted by Gasteiger charge is 2.43. The fourth-order valence-electron chi connectivity index (χ4n) is 4.43. The van der Waals surface area contributed by atoms with Gasteiger partial charge in [-0.25, -0.2) is 9.37 Å². The van der Waals surface area contributed by atoms with Gasteiger partial charge in [0.25, 0.3) is 11.5 Å². The van der Waals surface area contributed by atoms with Crippen LogP contribution in [0.25, 0.3) is 5.69 Å². The molecule has 2 fully saturated rings. The third-order valence-electron chi connectivity index (χ3n) is 5.77. The second-order valence-corrected chi connectivity index (χ2v) is 7.80. The lowest BCUT2D eigenvalue weighted by molar-refractivity contribution is 0.0777. The third kappa shape index (κ3) is 3.14. The summed E-state index contributed by atoms with van der Waals surface area (Å²) in [4.78, 5) is 37.2. The normalized spacial score (nSPS) is 20.6. The average molecular weight is 409 g/mol. The van der Waals surface area contributed by atoms with Crippen LogP contribution in [0.15, 0.2) is 41.5 Å². The van der Waals surface area contributed by atoms with Crippen molar-refractivity contribution >= 4 is 11.9 Å². The van der Waals surface area contributed by atoms with Crippen molar-refractivity contribution in [1.82, 2.24) is 29.9 Å². The topological polar surface area (TPSA) is 100 Å². The maximum atomic E-state index is 14.6. The number of rotatable bonds is 3. The minimum absolute atomic E-state index is 0.0183. The maximum absolute atomic E-state index is 14.6. The number of aromatic nitrogens is 5. The highest BCUT2D eigenvalue weighted by molar-refractivity contribution is 5.98. The number of benzene rings is 1. The maximum Gasteiger partial charge on any atom is 0.259 e. The van der Waals surface area contributed by atoms with Crippen molar-refractivity contribution in [3.8, 4) is 5.69 Å². The molecule has 0 spiro atoms. The monoisotopic (exact) mass is 409 g/mol. The van der Waals surface area contributed by atoms with E-state index in [4.69, 9.17) is 0 Å². The van der Waals surface area contributed by atoms with E-state index in [0.29, 0.717) is 43.5 Å². The molecule has 1 aromatic carbocycles. The van der Waals surface area contributed by atoms with Crippen LogP contribution in [0, 0.1) is 24.6 Å². The van der Waals surface area contributed by atoms with Gasteiger partial charge in [0.1, 0.15) is 17.1 Å². The lowest BCUT2D eigenvalue weighted by Crippen LogP contribution is -2.35. The lowest BCUT2D eigenvalue weighted by Gasteiger charge is -2.23. The predicted octanol–water partition coefficient (Wildman–Crippen LogP) is 1.01. The van der Waals surface area contributed by atoms with Gasteiger partial charge >= 0.3 is 0 Å². The molecule has 5 rings (SSSR count). The first-order chi connectivity index (χ1) is 14.5. The summed E-state index contributed by atoms with van der Waals surface area (Å²) in [5, 5.41) is 8.08. The quantitative estimate of drug-likeness (QED) is 0.693. The number of fused-ring (bicyclic) bond motifs is 1. The molecule has 9 nitrogen and oxygen atoms in total. The molecular formula is C20H20FN7O2. The first kappa shape index (κ1) is 18.5. The molecule has 2 atom stereocenters. The van der Waals surface area contributed by atoms with E-state index >= 15 is 0 Å². The number of anilines is 1. The Kier molecular flexibility index (Phi) is 4.34. The first-order valence-electron chi connectivity index (χ1n) is 9.77. The van der Waals surface area contributed by atoms with E-state index in [0.717, 1.165) is 0 Å². The Morgan fingerprint density at radius 2 is 1.83 bits per heavy atom. The van der Waals surface area contributed by atoms with E-state index in [9.17, 15) is 14.0 Å². The van der Waals surface area contributed by atoms with Gasteiger partial charge < -0.3 is 9.80 Å². The van der Waals surface area contributed by atoms with Gasteiger partial charge in [0.15, 0.2) is 0 Å². The van der Waals surface area contributed by atoms with Crippen LogP contribution in [0.4, 0.5) is 10.3 Å². The van der Waals surface area contributed by atoms with E-state index in [1.54, 1.807) is 17.9 Å². The smallest absolute Gasteiger partial charge is 0.259 e. The van der Waals surface area contributed by atoms with Gasteiger partial charge in [0, 0.05) is 49.8 Å². The van der Waals surface area contributed by atoms with Crippen LogP contribution in [0.1, 0.15) is 16.1 Å². The van der Waals surface area contributed by atoms with Crippen molar-refractivity contribution < 1.29 is 9.18 Å². The van der Waals surface area contributed by atoms with Gasteiger partial charge in [0.05, 0.1) is 12.4 Å². The number of carbonyl (C=O) groups excluding carboxylic acids is 1. The van der Waals surface area contributed by atoms with E-state index in [1.165, 1.54) is 35.4 Å². The van der Waals surface area contributed by atoms with E-state index in [-0.39, 0.29) is 28.9 Å². The first-order valence-corrected chi connectivity index (χ1v) is 9.77. The fourth-order valence-corrected chi connectivity index (χ4v) is 4.43. The van der Waals surface area contributed by atoms with E-state index in [2.05, 4.69) is 20.2 Å². The molecule has 2 aliphatic rings. The summed E-state index contributed by atoms with van der Waals surface area (Å²) in [7, 11) is 0. The molecule has 30 heavy (non-hydrogen) atoms. The number of aryl methyl sites for hydroxylation is 1. The van der Waals surface area contributed by atoms with Crippen LogP contribution in [-0.2, 0) is 0 Å². The number of nitrogens with zero attached hydrogens (tertiary/aromatic N) is 6. The molecule has 4 heterocycles. The van der Waals surface area contributed by atoms with Gasteiger partial charge in [-0.15, -0.1) is 0 Å². The highest BCUT2D eigenvalue weighted by Crippen LogP contribution is 2.34. The number of carbonyl (C=O) groups is 1. The van der Waals surface area contributed by atoms with Crippen molar-refractivity contribution in [3.05, 3.63) is 64.1 Å². The Morgan fingerprint density at radius 3 is 2.50 bits per heavy atom. The number of aromatic amines is 1. The van der Waals surface area contributed by atoms with Crippen molar-refractivity contribution in [3.63, 3.8) is 0 Å². The van der Waals surface area contributed by atoms with Crippen molar-refractivity contribution in [1.29, 1.82) is 0 Å². The Labute approximate surface area is 171 Å². The molecule has 0 saturated carbocycles. The zero-order chi connectivity index (χ0) is 20.8. The zero-order valence-electron chi connectivity index (χ0n) is 16.3. The SMILES string of the molecule is Cc1cc(=O)[nH]c(N2CC3CN(C(=O)c4c(F)cccc4-n4nccn4)CC3C2)n1. The second-order valence-electron chi connectivity index (χ2n) is 7.80. The number of likely N-dealkylation sites (tertiary alicyclic amines) is 1. The summed E-state index contributed by atoms with van der Waals surface area (Å²) in [5.41, 5.74) is 0.799. The molecule has 2 unspecified atom stereocenters. The van der Waals surface area contributed by atoms with Crippen LogP contribution < -0.4 is 10.5 Å². The standard InChI is InChI=1S/C20H20FN7O2/c1-12-7-17(29)25-20(24-12)27-10-13-8-26(9-14(13)11-27)19(30)18-15(21)3-2-4-16(18)28-22-5-6-23-28/h2-7,13-14H,8-11H2,1H3,(H,24,25,29). The molecule has 2 aliphatic heterocycles. The molecule has 1 N–H and O–H groups in total. The van der Waals surface area contributed by atoms with Crippen molar-refractivity contribution in [2.75, 3.05) is 31.1 Å². The number of H-pyrrole nitrogens is 1. The molecule has 0 radical (unpaired) electrons. The summed E-state index contributed by atoms with van der Waals surface area (Å²) < 4.78 is 14.6. The molecule has 10 heteroatoms. The molecule has 3 aromatic rings. The van der Waals surface area contributed by atoms with Crippen LogP contribution in [0.2, 0.25) is 0 Å². The molecule has 2 aromatic heterocycles. The molecule has 0 bridgehead atoms. The zero-order valence-corrected chi connectivity index (χ0v) is 16.3. The van der Waals surface area contributed by atoms with Gasteiger partial charge in [-0.05, 0) is 19.1 Å². The van der Waals surface area contributed by atoms with Gasteiger partial charge in [-0.2, -0.15) is 15.0 Å². The predicted molar refractivity (Wildman–Crippen MR) is 106 cm³/mol. The second kappa shape index (κ2) is 7.05.